The van der Waals surface area contributed by atoms with Crippen LogP contribution >= 0.6 is 22.6 Å². The average molecular weight is 366 g/mol. The zero-order valence-electron chi connectivity index (χ0n) is 10.7. The van der Waals surface area contributed by atoms with E-state index in [1.165, 1.54) is 23.8 Å². The van der Waals surface area contributed by atoms with Crippen LogP contribution in [0.2, 0.25) is 0 Å². The highest BCUT2D eigenvalue weighted by atomic mass is 127. The smallest absolute Gasteiger partial charge is 0.337 e. The van der Waals surface area contributed by atoms with Crippen LogP contribution < -0.4 is 0 Å². The molecule has 0 amide bonds. The molecule has 0 N–H and O–H groups in total. The topological polar surface area (TPSA) is 26.3 Å². The summed E-state index contributed by atoms with van der Waals surface area (Å²) in [6.45, 7) is 0. The van der Waals surface area contributed by atoms with E-state index in [1.807, 2.05) is 12.1 Å². The van der Waals surface area contributed by atoms with Crippen LogP contribution in [0, 0.1) is 0 Å². The van der Waals surface area contributed by atoms with Gasteiger partial charge in [-0.1, -0.05) is 59.0 Å². The first kappa shape index (κ1) is 14.1. The lowest BCUT2D eigenvalue weighted by Gasteiger charge is -2.04. The summed E-state index contributed by atoms with van der Waals surface area (Å²) in [6.07, 6.45) is 0.878. The van der Waals surface area contributed by atoms with Gasteiger partial charge in [-0.2, -0.15) is 0 Å². The average Bonchev–Trinajstić information content (AvgIpc) is 2.48. The van der Waals surface area contributed by atoms with Gasteiger partial charge < -0.3 is 4.74 Å². The SMILES string of the molecule is COC(=O)c1ccc(Cc2ccc(CI)cc2)cc1. The van der Waals surface area contributed by atoms with E-state index in [0.29, 0.717) is 5.56 Å². The molecular formula is C16H15IO2. The van der Waals surface area contributed by atoms with Gasteiger partial charge in [-0.15, -0.1) is 0 Å². The van der Waals surface area contributed by atoms with Gasteiger partial charge in [0.25, 0.3) is 0 Å². The molecule has 0 aromatic heterocycles. The number of alkyl halides is 1. The third kappa shape index (κ3) is 3.80. The van der Waals surface area contributed by atoms with Crippen LogP contribution in [0.5, 0.6) is 0 Å². The van der Waals surface area contributed by atoms with Crippen molar-refractivity contribution < 1.29 is 9.53 Å². The van der Waals surface area contributed by atoms with Gasteiger partial charge in [0.05, 0.1) is 12.7 Å². The summed E-state index contributed by atoms with van der Waals surface area (Å²) in [5, 5.41) is 0. The van der Waals surface area contributed by atoms with Crippen LogP contribution in [0.4, 0.5) is 0 Å². The van der Waals surface area contributed by atoms with Crippen molar-refractivity contribution in [2.45, 2.75) is 10.8 Å². The largest absolute Gasteiger partial charge is 0.465 e. The number of rotatable bonds is 4. The third-order valence-electron chi connectivity index (χ3n) is 2.96. The van der Waals surface area contributed by atoms with Crippen LogP contribution in [-0.4, -0.2) is 13.1 Å². The molecular weight excluding hydrogens is 351 g/mol. The summed E-state index contributed by atoms with van der Waals surface area (Å²) in [5.41, 5.74) is 4.39. The van der Waals surface area contributed by atoms with Crippen LogP contribution in [-0.2, 0) is 15.6 Å². The number of halogens is 1. The normalized spacial score (nSPS) is 10.2. The van der Waals surface area contributed by atoms with Crippen molar-refractivity contribution >= 4 is 28.6 Å². The Balaban J connectivity index is 2.08. The first-order chi connectivity index (χ1) is 9.22. The highest BCUT2D eigenvalue weighted by Crippen LogP contribution is 2.13. The van der Waals surface area contributed by atoms with Crippen molar-refractivity contribution in [3.05, 3.63) is 70.8 Å². The van der Waals surface area contributed by atoms with Crippen LogP contribution in [0.15, 0.2) is 48.5 Å². The molecule has 0 saturated carbocycles. The molecule has 2 aromatic carbocycles. The zero-order chi connectivity index (χ0) is 13.7. The molecule has 0 fully saturated rings. The Bertz CT molecular complexity index is 544. The molecule has 0 heterocycles. The molecule has 0 aliphatic heterocycles. The van der Waals surface area contributed by atoms with E-state index in [0.717, 1.165) is 10.8 Å². The van der Waals surface area contributed by atoms with Crippen molar-refractivity contribution in [2.75, 3.05) is 7.11 Å². The summed E-state index contributed by atoms with van der Waals surface area (Å²) < 4.78 is 5.71. The first-order valence-corrected chi connectivity index (χ1v) is 7.56. The number of esters is 1. The molecule has 2 nitrogen and oxygen atoms in total. The molecule has 0 atom stereocenters. The number of benzene rings is 2. The van der Waals surface area contributed by atoms with E-state index in [2.05, 4.69) is 51.6 Å². The molecule has 0 bridgehead atoms. The molecule has 3 heteroatoms. The number of carbonyl (C=O) groups excluding carboxylic acids is 1. The Morgan fingerprint density at radius 3 is 1.89 bits per heavy atom. The van der Waals surface area contributed by atoms with E-state index in [1.54, 1.807) is 12.1 Å². The minimum atomic E-state index is -0.294. The lowest BCUT2D eigenvalue weighted by atomic mass is 10.0. The lowest BCUT2D eigenvalue weighted by Crippen LogP contribution is -2.01. The summed E-state index contributed by atoms with van der Waals surface area (Å²) in [5.74, 6) is -0.294. The molecule has 2 rings (SSSR count). The minimum Gasteiger partial charge on any atom is -0.465 e. The van der Waals surface area contributed by atoms with E-state index in [4.69, 9.17) is 0 Å². The van der Waals surface area contributed by atoms with Gasteiger partial charge in [0.15, 0.2) is 0 Å². The number of carbonyl (C=O) groups is 1. The predicted molar refractivity (Wildman–Crippen MR) is 84.8 cm³/mol. The first-order valence-electron chi connectivity index (χ1n) is 6.04. The molecule has 2 aromatic rings. The summed E-state index contributed by atoms with van der Waals surface area (Å²) >= 11 is 2.36. The van der Waals surface area contributed by atoms with Gasteiger partial charge in [-0.05, 0) is 35.2 Å². The molecule has 0 aliphatic rings. The third-order valence-corrected chi connectivity index (χ3v) is 3.84. The molecule has 0 saturated heterocycles. The fourth-order valence-corrected chi connectivity index (χ4v) is 2.37. The van der Waals surface area contributed by atoms with Gasteiger partial charge in [-0.25, -0.2) is 4.79 Å². The lowest BCUT2D eigenvalue weighted by molar-refractivity contribution is 0.0600. The zero-order valence-corrected chi connectivity index (χ0v) is 12.9. The van der Waals surface area contributed by atoms with Crippen molar-refractivity contribution in [3.8, 4) is 0 Å². The summed E-state index contributed by atoms with van der Waals surface area (Å²) in [4.78, 5) is 11.3. The number of ether oxygens (including phenoxy) is 1. The fourth-order valence-electron chi connectivity index (χ4n) is 1.86. The van der Waals surface area contributed by atoms with E-state index < -0.39 is 0 Å². The quantitative estimate of drug-likeness (QED) is 0.465. The van der Waals surface area contributed by atoms with Crippen molar-refractivity contribution in [3.63, 3.8) is 0 Å². The van der Waals surface area contributed by atoms with Crippen molar-refractivity contribution in [2.24, 2.45) is 0 Å². The van der Waals surface area contributed by atoms with Gasteiger partial charge in [-0.3, -0.25) is 0 Å². The molecule has 98 valence electrons. The Labute approximate surface area is 126 Å². The maximum Gasteiger partial charge on any atom is 0.337 e. The van der Waals surface area contributed by atoms with E-state index in [9.17, 15) is 4.79 Å². The molecule has 0 aliphatic carbocycles. The second kappa shape index (κ2) is 6.70. The van der Waals surface area contributed by atoms with Crippen LogP contribution in [0.25, 0.3) is 0 Å². The van der Waals surface area contributed by atoms with Crippen molar-refractivity contribution in [1.82, 2.24) is 0 Å². The van der Waals surface area contributed by atoms with Gasteiger partial charge in [0.2, 0.25) is 0 Å². The van der Waals surface area contributed by atoms with Crippen LogP contribution in [0.3, 0.4) is 0 Å². The Kier molecular flexibility index (Phi) is 4.96. The van der Waals surface area contributed by atoms with Gasteiger partial charge in [0, 0.05) is 4.43 Å². The van der Waals surface area contributed by atoms with Crippen molar-refractivity contribution in [1.29, 1.82) is 0 Å². The van der Waals surface area contributed by atoms with E-state index >= 15 is 0 Å². The number of hydrogen-bond donors (Lipinski definition) is 0. The Morgan fingerprint density at radius 2 is 1.42 bits per heavy atom. The number of methoxy groups -OCH3 is 1. The Hall–Kier alpha value is -1.36. The predicted octanol–water partition coefficient (Wildman–Crippen LogP) is 4.00. The van der Waals surface area contributed by atoms with Crippen LogP contribution in [0.1, 0.15) is 27.0 Å². The standard InChI is InChI=1S/C16H15IO2/c1-19-16(18)15-8-6-13(7-9-15)10-12-2-4-14(11-17)5-3-12/h2-9H,10-11H2,1H3. The Morgan fingerprint density at radius 1 is 0.947 bits per heavy atom. The summed E-state index contributed by atoms with van der Waals surface area (Å²) in [6, 6.07) is 16.2. The van der Waals surface area contributed by atoms with E-state index in [-0.39, 0.29) is 5.97 Å². The fraction of sp³-hybridized carbons (Fsp3) is 0.188. The molecule has 19 heavy (non-hydrogen) atoms. The second-order valence-corrected chi connectivity index (χ2v) is 5.08. The molecule has 0 unspecified atom stereocenters. The molecule has 0 radical (unpaired) electrons. The molecule has 0 spiro atoms. The highest BCUT2D eigenvalue weighted by molar-refractivity contribution is 14.1. The van der Waals surface area contributed by atoms with Gasteiger partial charge >= 0.3 is 5.97 Å². The summed E-state index contributed by atoms with van der Waals surface area (Å²) in [7, 11) is 1.39. The van der Waals surface area contributed by atoms with Gasteiger partial charge in [0.1, 0.15) is 0 Å². The monoisotopic (exact) mass is 366 g/mol. The minimum absolute atomic E-state index is 0.294. The number of hydrogen-bond acceptors (Lipinski definition) is 2. The second-order valence-electron chi connectivity index (χ2n) is 4.32. The highest BCUT2D eigenvalue weighted by Gasteiger charge is 2.04. The maximum absolute atomic E-state index is 11.3. The maximum atomic E-state index is 11.3.